The van der Waals surface area contributed by atoms with Gasteiger partial charge in [0, 0.05) is 6.42 Å². The highest BCUT2D eigenvalue weighted by Gasteiger charge is 2.30. The van der Waals surface area contributed by atoms with Crippen molar-refractivity contribution >= 4 is 23.3 Å². The van der Waals surface area contributed by atoms with Crippen LogP contribution in [0.4, 0.5) is 0 Å². The molecule has 0 aliphatic carbocycles. The van der Waals surface area contributed by atoms with Crippen LogP contribution in [0.1, 0.15) is 16.1 Å². The summed E-state index contributed by atoms with van der Waals surface area (Å²) in [6, 6.07) is 3.42. The number of carbonyl (C=O) groups excluding carboxylic acids is 2. The molecule has 74 valence electrons. The van der Waals surface area contributed by atoms with E-state index >= 15 is 0 Å². The summed E-state index contributed by atoms with van der Waals surface area (Å²) in [6.45, 7) is 0.335. The lowest BCUT2D eigenvalue weighted by Crippen LogP contribution is -2.22. The zero-order chi connectivity index (χ0) is 9.97. The Morgan fingerprint density at radius 3 is 3.07 bits per heavy atom. The van der Waals surface area contributed by atoms with Gasteiger partial charge in [-0.3, -0.25) is 0 Å². The van der Waals surface area contributed by atoms with E-state index in [9.17, 15) is 9.59 Å². The van der Waals surface area contributed by atoms with Gasteiger partial charge < -0.3 is 9.47 Å². The lowest BCUT2D eigenvalue weighted by Gasteiger charge is -2.06. The fourth-order valence-corrected chi connectivity index (χ4v) is 1.77. The average molecular weight is 212 g/mol. The van der Waals surface area contributed by atoms with E-state index in [1.165, 1.54) is 11.3 Å². The van der Waals surface area contributed by atoms with Gasteiger partial charge in [0.05, 0.1) is 6.61 Å². The van der Waals surface area contributed by atoms with Crippen molar-refractivity contribution in [2.75, 3.05) is 6.61 Å². The molecule has 0 spiro atoms. The van der Waals surface area contributed by atoms with Crippen LogP contribution < -0.4 is 0 Å². The van der Waals surface area contributed by atoms with Gasteiger partial charge in [0.2, 0.25) is 6.10 Å². The van der Waals surface area contributed by atoms with E-state index in [2.05, 4.69) is 4.74 Å². The molecule has 1 atom stereocenters. The van der Waals surface area contributed by atoms with E-state index < -0.39 is 18.0 Å². The third-order valence-electron chi connectivity index (χ3n) is 1.86. The van der Waals surface area contributed by atoms with Crippen LogP contribution in [-0.2, 0) is 14.3 Å². The minimum Gasteiger partial charge on any atom is -0.463 e. The monoisotopic (exact) mass is 212 g/mol. The zero-order valence-electron chi connectivity index (χ0n) is 7.26. The number of ether oxygens (including phenoxy) is 2. The minimum absolute atomic E-state index is 0.335. The molecule has 1 aromatic heterocycles. The Balaban J connectivity index is 1.98. The normalized spacial score (nSPS) is 20.6. The molecule has 0 saturated carbocycles. The van der Waals surface area contributed by atoms with Crippen molar-refractivity contribution < 1.29 is 19.1 Å². The van der Waals surface area contributed by atoms with Crippen LogP contribution in [0.5, 0.6) is 0 Å². The Hall–Kier alpha value is -1.36. The molecule has 0 amide bonds. The maximum atomic E-state index is 11.4. The first kappa shape index (κ1) is 9.21. The summed E-state index contributed by atoms with van der Waals surface area (Å²) in [5.74, 6) is -0.904. The molecule has 2 rings (SSSR count). The molecule has 4 nitrogen and oxygen atoms in total. The Kier molecular flexibility index (Phi) is 2.49. The molecule has 2 heterocycles. The predicted molar refractivity (Wildman–Crippen MR) is 49.1 cm³/mol. The van der Waals surface area contributed by atoms with E-state index in [0.717, 1.165) is 0 Å². The minimum atomic E-state index is -0.718. The van der Waals surface area contributed by atoms with Gasteiger partial charge in [-0.25, -0.2) is 9.59 Å². The number of rotatable bonds is 2. The zero-order valence-corrected chi connectivity index (χ0v) is 8.08. The summed E-state index contributed by atoms with van der Waals surface area (Å²) in [6.07, 6.45) is -0.264. The SMILES string of the molecule is O=C(O[C@@H]1CCOC1=O)c1cccs1. The van der Waals surface area contributed by atoms with Crippen LogP contribution in [0.15, 0.2) is 17.5 Å². The molecular formula is C9H8O4S. The molecule has 14 heavy (non-hydrogen) atoms. The summed E-state index contributed by atoms with van der Waals surface area (Å²) >= 11 is 1.29. The van der Waals surface area contributed by atoms with E-state index in [0.29, 0.717) is 17.9 Å². The van der Waals surface area contributed by atoms with Crippen LogP contribution in [0.3, 0.4) is 0 Å². The third kappa shape index (κ3) is 1.77. The van der Waals surface area contributed by atoms with Crippen molar-refractivity contribution in [3.05, 3.63) is 22.4 Å². The molecule has 5 heteroatoms. The van der Waals surface area contributed by atoms with Crippen molar-refractivity contribution in [2.24, 2.45) is 0 Å². The summed E-state index contributed by atoms with van der Waals surface area (Å²) in [7, 11) is 0. The van der Waals surface area contributed by atoms with Gasteiger partial charge in [-0.05, 0) is 11.4 Å². The Labute approximate surface area is 84.4 Å². The summed E-state index contributed by atoms with van der Waals surface area (Å²) < 4.78 is 9.64. The molecule has 0 aromatic carbocycles. The molecule has 0 radical (unpaired) electrons. The lowest BCUT2D eigenvalue weighted by atomic mass is 10.3. The lowest BCUT2D eigenvalue weighted by molar-refractivity contribution is -0.145. The summed E-state index contributed by atoms with van der Waals surface area (Å²) in [5, 5.41) is 1.78. The van der Waals surface area contributed by atoms with Crippen molar-refractivity contribution in [3.8, 4) is 0 Å². The fourth-order valence-electron chi connectivity index (χ4n) is 1.17. The van der Waals surface area contributed by atoms with Crippen molar-refractivity contribution in [1.29, 1.82) is 0 Å². The van der Waals surface area contributed by atoms with E-state index in [1.54, 1.807) is 17.5 Å². The molecular weight excluding hydrogens is 204 g/mol. The van der Waals surface area contributed by atoms with Crippen LogP contribution in [0.2, 0.25) is 0 Å². The van der Waals surface area contributed by atoms with Gasteiger partial charge in [0.15, 0.2) is 0 Å². The molecule has 1 aliphatic heterocycles. The number of hydrogen-bond donors (Lipinski definition) is 0. The van der Waals surface area contributed by atoms with Crippen LogP contribution in [0.25, 0.3) is 0 Å². The Morgan fingerprint density at radius 2 is 2.50 bits per heavy atom. The molecule has 1 saturated heterocycles. The molecule has 0 N–H and O–H groups in total. The molecule has 1 aliphatic rings. The largest absolute Gasteiger partial charge is 0.463 e. The number of carbonyl (C=O) groups is 2. The number of hydrogen-bond acceptors (Lipinski definition) is 5. The fraction of sp³-hybridized carbons (Fsp3) is 0.333. The summed E-state index contributed by atoms with van der Waals surface area (Å²) in [4.78, 5) is 22.9. The number of esters is 2. The quantitative estimate of drug-likeness (QED) is 0.692. The van der Waals surface area contributed by atoms with E-state index in [4.69, 9.17) is 4.74 Å². The van der Waals surface area contributed by atoms with Crippen LogP contribution >= 0.6 is 11.3 Å². The molecule has 1 fully saturated rings. The second-order valence-electron chi connectivity index (χ2n) is 2.83. The van der Waals surface area contributed by atoms with Crippen molar-refractivity contribution in [2.45, 2.75) is 12.5 Å². The van der Waals surface area contributed by atoms with Crippen molar-refractivity contribution in [1.82, 2.24) is 0 Å². The van der Waals surface area contributed by atoms with Gasteiger partial charge in [-0.2, -0.15) is 0 Å². The van der Waals surface area contributed by atoms with Crippen molar-refractivity contribution in [3.63, 3.8) is 0 Å². The second kappa shape index (κ2) is 3.79. The number of thiophene rings is 1. The average Bonchev–Trinajstić information content (AvgIpc) is 2.77. The second-order valence-corrected chi connectivity index (χ2v) is 3.78. The standard InChI is InChI=1S/C9H8O4S/c10-8-6(3-4-12-8)13-9(11)7-2-1-5-14-7/h1-2,5-6H,3-4H2/t6-/m1/s1. The summed E-state index contributed by atoms with van der Waals surface area (Å²) in [5.41, 5.74) is 0. The first-order valence-corrected chi connectivity index (χ1v) is 5.06. The topological polar surface area (TPSA) is 52.6 Å². The predicted octanol–water partition coefficient (Wildman–Crippen LogP) is 1.22. The van der Waals surface area contributed by atoms with Gasteiger partial charge in [0.25, 0.3) is 0 Å². The maximum absolute atomic E-state index is 11.4. The molecule has 0 unspecified atom stereocenters. The van der Waals surface area contributed by atoms with Gasteiger partial charge in [-0.1, -0.05) is 6.07 Å². The molecule has 0 bridgehead atoms. The first-order valence-electron chi connectivity index (χ1n) is 4.18. The highest BCUT2D eigenvalue weighted by molar-refractivity contribution is 7.11. The third-order valence-corrected chi connectivity index (χ3v) is 2.71. The van der Waals surface area contributed by atoms with E-state index in [1.807, 2.05) is 0 Å². The maximum Gasteiger partial charge on any atom is 0.349 e. The van der Waals surface area contributed by atoms with Gasteiger partial charge >= 0.3 is 11.9 Å². The Bertz CT molecular complexity index is 344. The Morgan fingerprint density at radius 1 is 1.64 bits per heavy atom. The van der Waals surface area contributed by atoms with Crippen LogP contribution in [-0.4, -0.2) is 24.6 Å². The van der Waals surface area contributed by atoms with Gasteiger partial charge in [-0.15, -0.1) is 11.3 Å². The highest BCUT2D eigenvalue weighted by atomic mass is 32.1. The van der Waals surface area contributed by atoms with Crippen LogP contribution in [0, 0.1) is 0 Å². The number of cyclic esters (lactones) is 1. The first-order chi connectivity index (χ1) is 6.77. The highest BCUT2D eigenvalue weighted by Crippen LogP contribution is 2.15. The van der Waals surface area contributed by atoms with Gasteiger partial charge in [0.1, 0.15) is 4.88 Å². The smallest absolute Gasteiger partial charge is 0.349 e. The molecule has 1 aromatic rings. The van der Waals surface area contributed by atoms with E-state index in [-0.39, 0.29) is 0 Å².